The summed E-state index contributed by atoms with van der Waals surface area (Å²) in [6.07, 6.45) is 0.810. The largest absolute Gasteiger partial charge is 0.354 e. The summed E-state index contributed by atoms with van der Waals surface area (Å²) in [5.74, 6) is -0.0631. The number of nitrogens with one attached hydrogen (secondary N) is 1. The van der Waals surface area contributed by atoms with E-state index < -0.39 is 0 Å². The van der Waals surface area contributed by atoms with E-state index in [2.05, 4.69) is 31.4 Å². The van der Waals surface area contributed by atoms with E-state index in [0.29, 0.717) is 11.6 Å². The van der Waals surface area contributed by atoms with Crippen LogP contribution in [-0.4, -0.2) is 32.0 Å². The van der Waals surface area contributed by atoms with Gasteiger partial charge in [0.2, 0.25) is 5.91 Å². The summed E-state index contributed by atoms with van der Waals surface area (Å²) >= 11 is 9.66. The highest BCUT2D eigenvalue weighted by atomic mass is 79.9. The zero-order valence-corrected chi connectivity index (χ0v) is 17.0. The monoisotopic (exact) mass is 415 g/mol. The number of aromatic nitrogens is 4. The van der Waals surface area contributed by atoms with Crippen molar-refractivity contribution in [3.8, 4) is 0 Å². The van der Waals surface area contributed by atoms with Crippen molar-refractivity contribution in [2.24, 2.45) is 0 Å². The lowest BCUT2D eigenvalue weighted by molar-refractivity contribution is -0.124. The summed E-state index contributed by atoms with van der Waals surface area (Å²) < 4.78 is 4.67. The van der Waals surface area contributed by atoms with E-state index in [9.17, 15) is 4.79 Å². The number of carbonyl (C=O) groups is 1. The maximum atomic E-state index is 12.3. The maximum Gasteiger partial charge on any atom is 0.244 e. The number of aryl methyl sites for hydroxylation is 3. The van der Waals surface area contributed by atoms with Crippen LogP contribution in [0.4, 0.5) is 0 Å². The summed E-state index contributed by atoms with van der Waals surface area (Å²) in [6.45, 7) is 10.9. The molecule has 0 spiro atoms. The topological polar surface area (TPSA) is 64.7 Å². The van der Waals surface area contributed by atoms with Crippen LogP contribution >= 0.6 is 27.5 Å². The third-order valence-corrected chi connectivity index (χ3v) is 5.82. The molecule has 0 fully saturated rings. The molecule has 6 nitrogen and oxygen atoms in total. The quantitative estimate of drug-likeness (QED) is 0.733. The van der Waals surface area contributed by atoms with Gasteiger partial charge in [-0.1, -0.05) is 11.6 Å². The van der Waals surface area contributed by atoms with Crippen molar-refractivity contribution in [1.82, 2.24) is 24.9 Å². The number of nitrogens with zero attached hydrogens (tertiary/aromatic N) is 4. The predicted molar refractivity (Wildman–Crippen MR) is 98.4 cm³/mol. The molecule has 2 rings (SSSR count). The lowest BCUT2D eigenvalue weighted by Crippen LogP contribution is -2.33. The van der Waals surface area contributed by atoms with Gasteiger partial charge in [0.1, 0.15) is 6.04 Å². The number of halogens is 2. The SMILES string of the molecule is Cc1nn(C(C)C(=O)NCCCn2nc(C)c(Br)c2C)c(C)c1Cl. The van der Waals surface area contributed by atoms with Crippen molar-refractivity contribution in [2.45, 2.75) is 53.6 Å². The van der Waals surface area contributed by atoms with Gasteiger partial charge in [0.25, 0.3) is 0 Å². The molecule has 132 valence electrons. The summed E-state index contributed by atoms with van der Waals surface area (Å²) in [5, 5.41) is 12.4. The standard InChI is InChI=1S/C16H23BrClN5O/c1-9-14(17)11(3)22(20-9)8-6-7-19-16(24)13(5)23-12(4)15(18)10(2)21-23/h13H,6-8H2,1-5H3,(H,19,24). The maximum absolute atomic E-state index is 12.3. The van der Waals surface area contributed by atoms with Crippen molar-refractivity contribution in [3.63, 3.8) is 0 Å². The molecule has 0 aliphatic heterocycles. The number of carbonyl (C=O) groups excluding carboxylic acids is 1. The predicted octanol–water partition coefficient (Wildman–Crippen LogP) is 3.50. The summed E-state index contributed by atoms with van der Waals surface area (Å²) in [4.78, 5) is 12.3. The molecule has 0 saturated carbocycles. The number of hydrogen-bond donors (Lipinski definition) is 1. The Morgan fingerprint density at radius 1 is 1.21 bits per heavy atom. The third kappa shape index (κ3) is 3.83. The molecular weight excluding hydrogens is 394 g/mol. The smallest absolute Gasteiger partial charge is 0.244 e. The molecule has 0 aromatic carbocycles. The Morgan fingerprint density at radius 2 is 1.88 bits per heavy atom. The summed E-state index contributed by atoms with van der Waals surface area (Å²) in [5.41, 5.74) is 3.63. The summed E-state index contributed by atoms with van der Waals surface area (Å²) in [6, 6.07) is -0.390. The van der Waals surface area contributed by atoms with Crippen LogP contribution in [-0.2, 0) is 11.3 Å². The average molecular weight is 417 g/mol. The van der Waals surface area contributed by atoms with Crippen LogP contribution in [0.5, 0.6) is 0 Å². The minimum absolute atomic E-state index is 0.0631. The van der Waals surface area contributed by atoms with Crippen LogP contribution in [0.3, 0.4) is 0 Å². The molecule has 2 aromatic heterocycles. The Bertz CT molecular complexity index is 752. The minimum atomic E-state index is -0.390. The molecule has 8 heteroatoms. The van der Waals surface area contributed by atoms with Gasteiger partial charge in [0.05, 0.1) is 26.6 Å². The van der Waals surface area contributed by atoms with Gasteiger partial charge in [-0.05, 0) is 57.0 Å². The number of amides is 1. The average Bonchev–Trinajstić information content (AvgIpc) is 2.95. The Hall–Kier alpha value is -1.34. The van der Waals surface area contributed by atoms with Gasteiger partial charge in [-0.2, -0.15) is 10.2 Å². The minimum Gasteiger partial charge on any atom is -0.354 e. The second-order valence-corrected chi connectivity index (χ2v) is 7.13. The van der Waals surface area contributed by atoms with E-state index >= 15 is 0 Å². The van der Waals surface area contributed by atoms with E-state index in [1.54, 1.807) is 4.68 Å². The van der Waals surface area contributed by atoms with Crippen LogP contribution in [0, 0.1) is 27.7 Å². The van der Waals surface area contributed by atoms with Gasteiger partial charge in [-0.3, -0.25) is 14.2 Å². The number of hydrogen-bond acceptors (Lipinski definition) is 3. The van der Waals surface area contributed by atoms with Gasteiger partial charge in [-0.15, -0.1) is 0 Å². The number of rotatable bonds is 6. The van der Waals surface area contributed by atoms with Crippen LogP contribution < -0.4 is 5.32 Å². The highest BCUT2D eigenvalue weighted by Gasteiger charge is 2.20. The van der Waals surface area contributed by atoms with Gasteiger partial charge < -0.3 is 5.32 Å². The van der Waals surface area contributed by atoms with Crippen LogP contribution in [0.2, 0.25) is 5.02 Å². The lowest BCUT2D eigenvalue weighted by atomic mass is 10.3. The van der Waals surface area contributed by atoms with Crippen LogP contribution in [0.1, 0.15) is 42.2 Å². The second-order valence-electron chi connectivity index (χ2n) is 5.96. The first-order chi connectivity index (χ1) is 11.2. The molecule has 0 aliphatic carbocycles. The Labute approximate surface area is 155 Å². The van der Waals surface area contributed by atoms with E-state index in [0.717, 1.165) is 40.2 Å². The van der Waals surface area contributed by atoms with E-state index in [1.165, 1.54) is 0 Å². The zero-order valence-electron chi connectivity index (χ0n) is 14.7. The molecule has 1 unspecified atom stereocenters. The molecule has 2 aromatic rings. The van der Waals surface area contributed by atoms with Crippen molar-refractivity contribution in [2.75, 3.05) is 6.54 Å². The fourth-order valence-corrected chi connectivity index (χ4v) is 3.02. The van der Waals surface area contributed by atoms with E-state index in [1.807, 2.05) is 39.3 Å². The van der Waals surface area contributed by atoms with Crippen molar-refractivity contribution < 1.29 is 4.79 Å². The van der Waals surface area contributed by atoms with Crippen molar-refractivity contribution >= 4 is 33.4 Å². The summed E-state index contributed by atoms with van der Waals surface area (Å²) in [7, 11) is 0. The first kappa shape index (κ1) is 19.0. The van der Waals surface area contributed by atoms with Crippen molar-refractivity contribution in [1.29, 1.82) is 0 Å². The molecule has 0 aliphatic rings. The Kier molecular flexibility index (Phi) is 6.09. The van der Waals surface area contributed by atoms with Gasteiger partial charge in [-0.25, -0.2) is 0 Å². The lowest BCUT2D eigenvalue weighted by Gasteiger charge is -2.14. The Balaban J connectivity index is 1.86. The molecule has 24 heavy (non-hydrogen) atoms. The molecule has 0 saturated heterocycles. The van der Waals surface area contributed by atoms with Crippen molar-refractivity contribution in [3.05, 3.63) is 32.3 Å². The fourth-order valence-electron chi connectivity index (χ4n) is 2.61. The van der Waals surface area contributed by atoms with Gasteiger partial charge in [0, 0.05) is 18.8 Å². The molecule has 2 heterocycles. The molecule has 1 amide bonds. The zero-order chi connectivity index (χ0) is 18.0. The van der Waals surface area contributed by atoms with E-state index in [-0.39, 0.29) is 11.9 Å². The molecule has 1 atom stereocenters. The normalized spacial score (nSPS) is 12.5. The highest BCUT2D eigenvalue weighted by Crippen LogP contribution is 2.22. The Morgan fingerprint density at radius 3 is 2.38 bits per heavy atom. The molecule has 0 bridgehead atoms. The van der Waals surface area contributed by atoms with Crippen LogP contribution in [0.25, 0.3) is 0 Å². The third-order valence-electron chi connectivity index (χ3n) is 4.12. The first-order valence-electron chi connectivity index (χ1n) is 7.92. The highest BCUT2D eigenvalue weighted by molar-refractivity contribution is 9.10. The van der Waals surface area contributed by atoms with E-state index in [4.69, 9.17) is 11.6 Å². The first-order valence-corrected chi connectivity index (χ1v) is 9.09. The van der Waals surface area contributed by atoms with Gasteiger partial charge in [0.15, 0.2) is 0 Å². The molecule has 0 radical (unpaired) electrons. The fraction of sp³-hybridized carbons (Fsp3) is 0.562. The molecule has 1 N–H and O–H groups in total. The molecular formula is C16H23BrClN5O. The van der Waals surface area contributed by atoms with Gasteiger partial charge >= 0.3 is 0 Å². The second kappa shape index (κ2) is 7.70. The van der Waals surface area contributed by atoms with Crippen LogP contribution in [0.15, 0.2) is 4.47 Å².